The Balaban J connectivity index is 1.58. The zero-order valence-electron chi connectivity index (χ0n) is 20.6. The van der Waals surface area contributed by atoms with Crippen LogP contribution in [-0.4, -0.2) is 87.5 Å². The highest BCUT2D eigenvalue weighted by molar-refractivity contribution is 6.47. The number of carboxylic acid groups (broad SMARTS) is 1. The molecule has 4 rings (SSSR count). The highest BCUT2D eigenvalue weighted by atomic mass is 19.1. The third-order valence-corrected chi connectivity index (χ3v) is 6.44. The molecule has 2 aromatic rings. The van der Waals surface area contributed by atoms with E-state index in [-0.39, 0.29) is 42.9 Å². The van der Waals surface area contributed by atoms with E-state index in [2.05, 4.69) is 10.6 Å². The molecule has 0 aliphatic carbocycles. The molecule has 0 aromatic heterocycles. The standard InChI is InChI=1S/C24H24BFN4O9/c1-2-29-8-9-30(22(34)21(29)33)24(37)28-18(14-7-6-13(31)11-16(14)26)20(32)27-17-10-12-4-3-5-15(23(35)36)19(12)39-25(17)38/h3-7,11,17-18,31,38H,2,8-10H2,1H3,(H,27,32)(H,28,37)(H,35,36)/t17-,18?/m0/s1. The molecule has 15 heteroatoms. The lowest BCUT2D eigenvalue weighted by molar-refractivity contribution is -0.153. The molecule has 2 aliphatic heterocycles. The number of halogens is 1. The van der Waals surface area contributed by atoms with E-state index in [1.165, 1.54) is 17.0 Å². The fraction of sp³-hybridized carbons (Fsp3) is 0.292. The van der Waals surface area contributed by atoms with Crippen molar-refractivity contribution in [2.45, 2.75) is 25.3 Å². The van der Waals surface area contributed by atoms with Crippen molar-refractivity contribution < 1.29 is 48.3 Å². The average molecular weight is 542 g/mol. The quantitative estimate of drug-likeness (QED) is 0.244. The van der Waals surface area contributed by atoms with Crippen molar-refractivity contribution in [2.75, 3.05) is 19.6 Å². The fourth-order valence-corrected chi connectivity index (χ4v) is 4.39. The summed E-state index contributed by atoms with van der Waals surface area (Å²) in [4.78, 5) is 64.3. The Morgan fingerprint density at radius 1 is 1.18 bits per heavy atom. The number of nitrogens with zero attached hydrogens (tertiary/aromatic N) is 2. The van der Waals surface area contributed by atoms with Crippen molar-refractivity contribution in [1.29, 1.82) is 0 Å². The molecule has 0 bridgehead atoms. The number of benzene rings is 2. The Morgan fingerprint density at radius 2 is 1.92 bits per heavy atom. The SMILES string of the molecule is CCN1CCN(C(=O)NC(C(=O)N[C@H]2Cc3cccc(C(=O)O)c3OB2O)c2ccc(O)cc2F)C(=O)C1=O. The molecular weight excluding hydrogens is 518 g/mol. The van der Waals surface area contributed by atoms with E-state index in [0.717, 1.165) is 18.2 Å². The third kappa shape index (κ3) is 5.48. The molecule has 1 unspecified atom stereocenters. The predicted molar refractivity (Wildman–Crippen MR) is 131 cm³/mol. The van der Waals surface area contributed by atoms with Gasteiger partial charge < -0.3 is 35.4 Å². The van der Waals surface area contributed by atoms with E-state index in [4.69, 9.17) is 4.65 Å². The molecule has 1 fully saturated rings. The number of phenolic OH excluding ortho intramolecular Hbond substituents is 1. The number of rotatable bonds is 6. The Hall–Kier alpha value is -4.66. The van der Waals surface area contributed by atoms with Gasteiger partial charge in [-0.3, -0.25) is 19.3 Å². The zero-order valence-corrected chi connectivity index (χ0v) is 20.6. The number of aromatic hydroxyl groups is 1. The number of imide groups is 1. The fourth-order valence-electron chi connectivity index (χ4n) is 4.39. The summed E-state index contributed by atoms with van der Waals surface area (Å²) < 4.78 is 20.2. The smallest absolute Gasteiger partial charge is 0.534 e. The van der Waals surface area contributed by atoms with Gasteiger partial charge in [0.25, 0.3) is 0 Å². The molecule has 1 saturated heterocycles. The van der Waals surface area contributed by atoms with Gasteiger partial charge >= 0.3 is 30.9 Å². The molecule has 204 valence electrons. The van der Waals surface area contributed by atoms with Crippen molar-refractivity contribution in [3.05, 3.63) is 58.9 Å². The number of piperazine rings is 1. The number of aromatic carboxylic acids is 1. The maximum absolute atomic E-state index is 14.8. The number of fused-ring (bicyclic) bond motifs is 1. The molecule has 0 saturated carbocycles. The van der Waals surface area contributed by atoms with Crippen LogP contribution in [0.1, 0.15) is 34.5 Å². The van der Waals surface area contributed by atoms with Crippen molar-refractivity contribution in [3.8, 4) is 11.5 Å². The van der Waals surface area contributed by atoms with Crippen LogP contribution in [0, 0.1) is 5.82 Å². The number of carbonyl (C=O) groups is 5. The maximum Gasteiger partial charge on any atom is 0.547 e. The molecule has 13 nitrogen and oxygen atoms in total. The van der Waals surface area contributed by atoms with E-state index in [0.29, 0.717) is 10.5 Å². The second kappa shape index (κ2) is 11.0. The first-order chi connectivity index (χ1) is 18.5. The van der Waals surface area contributed by atoms with Crippen LogP contribution < -0.4 is 15.3 Å². The Bertz CT molecular complexity index is 1360. The maximum atomic E-state index is 14.8. The highest BCUT2D eigenvalue weighted by Crippen LogP contribution is 2.30. The van der Waals surface area contributed by atoms with Gasteiger partial charge in [-0.2, -0.15) is 0 Å². The summed E-state index contributed by atoms with van der Waals surface area (Å²) in [7, 11) is -1.69. The first-order valence-electron chi connectivity index (χ1n) is 11.9. The molecule has 2 aromatic carbocycles. The van der Waals surface area contributed by atoms with Gasteiger partial charge in [-0.25, -0.2) is 14.0 Å². The number of hydrogen-bond acceptors (Lipinski definition) is 8. The Morgan fingerprint density at radius 3 is 2.59 bits per heavy atom. The first-order valence-corrected chi connectivity index (χ1v) is 11.9. The van der Waals surface area contributed by atoms with Crippen LogP contribution in [0.3, 0.4) is 0 Å². The van der Waals surface area contributed by atoms with Crippen molar-refractivity contribution in [1.82, 2.24) is 20.4 Å². The summed E-state index contributed by atoms with van der Waals surface area (Å²) in [6.45, 7) is 1.84. The van der Waals surface area contributed by atoms with E-state index in [9.17, 15) is 43.6 Å². The van der Waals surface area contributed by atoms with Crippen LogP contribution in [0.25, 0.3) is 0 Å². The summed E-state index contributed by atoms with van der Waals surface area (Å²) in [6, 6.07) is 4.27. The zero-order chi connectivity index (χ0) is 28.4. The molecule has 0 spiro atoms. The lowest BCUT2D eigenvalue weighted by Gasteiger charge is -2.33. The lowest BCUT2D eigenvalue weighted by Crippen LogP contribution is -2.60. The van der Waals surface area contributed by atoms with Gasteiger partial charge in [-0.05, 0) is 37.1 Å². The molecular formula is C24H24BFN4O9. The summed E-state index contributed by atoms with van der Waals surface area (Å²) >= 11 is 0. The lowest BCUT2D eigenvalue weighted by atomic mass is 9.72. The molecule has 0 radical (unpaired) electrons. The normalized spacial score (nSPS) is 17.7. The molecule has 2 heterocycles. The molecule has 5 amide bonds. The number of carbonyl (C=O) groups excluding carboxylic acids is 4. The molecule has 5 N–H and O–H groups in total. The van der Waals surface area contributed by atoms with Crippen molar-refractivity contribution in [3.63, 3.8) is 0 Å². The van der Waals surface area contributed by atoms with Crippen LogP contribution in [0.4, 0.5) is 9.18 Å². The third-order valence-electron chi connectivity index (χ3n) is 6.44. The number of amides is 5. The van der Waals surface area contributed by atoms with Gasteiger partial charge in [0.1, 0.15) is 23.4 Å². The number of urea groups is 1. The highest BCUT2D eigenvalue weighted by Gasteiger charge is 2.41. The summed E-state index contributed by atoms with van der Waals surface area (Å²) in [5.74, 6) is -7.00. The van der Waals surface area contributed by atoms with Crippen molar-refractivity contribution >= 4 is 36.8 Å². The van der Waals surface area contributed by atoms with Crippen LogP contribution in [0.2, 0.25) is 0 Å². The van der Waals surface area contributed by atoms with Gasteiger partial charge in [-0.1, -0.05) is 12.1 Å². The van der Waals surface area contributed by atoms with E-state index in [1.54, 1.807) is 13.0 Å². The average Bonchev–Trinajstić information content (AvgIpc) is 2.89. The minimum atomic E-state index is -1.76. The molecule has 2 atom stereocenters. The number of para-hydroxylation sites is 1. The number of carboxylic acids is 1. The van der Waals surface area contributed by atoms with Gasteiger partial charge in [0.15, 0.2) is 0 Å². The van der Waals surface area contributed by atoms with Crippen LogP contribution in [0.15, 0.2) is 36.4 Å². The van der Waals surface area contributed by atoms with Crippen LogP contribution in [0.5, 0.6) is 11.5 Å². The van der Waals surface area contributed by atoms with Crippen LogP contribution >= 0.6 is 0 Å². The number of hydrogen-bond donors (Lipinski definition) is 5. The second-order valence-electron chi connectivity index (χ2n) is 8.86. The monoisotopic (exact) mass is 542 g/mol. The van der Waals surface area contributed by atoms with Gasteiger partial charge in [0.2, 0.25) is 5.91 Å². The van der Waals surface area contributed by atoms with Gasteiger partial charge in [0.05, 0.1) is 11.5 Å². The van der Waals surface area contributed by atoms with Gasteiger partial charge in [-0.15, -0.1) is 0 Å². The second-order valence-corrected chi connectivity index (χ2v) is 8.86. The van der Waals surface area contributed by atoms with Crippen LogP contribution in [-0.2, 0) is 20.8 Å². The Kier molecular flexibility index (Phi) is 7.71. The number of likely N-dealkylation sites (N-methyl/N-ethyl adjacent to an activating group) is 1. The topological polar surface area (TPSA) is 186 Å². The summed E-state index contributed by atoms with van der Waals surface area (Å²) in [6.07, 6.45) is -0.0615. The van der Waals surface area contributed by atoms with Crippen molar-refractivity contribution in [2.24, 2.45) is 0 Å². The van der Waals surface area contributed by atoms with Gasteiger partial charge in [0, 0.05) is 31.3 Å². The largest absolute Gasteiger partial charge is 0.547 e. The minimum absolute atomic E-state index is 0.0615. The number of phenols is 1. The van der Waals surface area contributed by atoms with E-state index in [1.807, 2.05) is 0 Å². The van der Waals surface area contributed by atoms with E-state index >= 15 is 0 Å². The van der Waals surface area contributed by atoms with E-state index < -0.39 is 60.4 Å². The summed E-state index contributed by atoms with van der Waals surface area (Å²) in [5, 5.41) is 34.2. The predicted octanol–water partition coefficient (Wildman–Crippen LogP) is -0.189. The number of nitrogens with one attached hydrogen (secondary N) is 2. The molecule has 39 heavy (non-hydrogen) atoms. The first kappa shape index (κ1) is 27.4. The summed E-state index contributed by atoms with van der Waals surface area (Å²) in [5.41, 5.74) is -0.181. The molecule has 2 aliphatic rings. The Labute approximate surface area is 221 Å². The minimum Gasteiger partial charge on any atom is -0.534 e.